The summed E-state index contributed by atoms with van der Waals surface area (Å²) in [5.41, 5.74) is 1.45. The molecule has 1 aromatic carbocycles. The van der Waals surface area contributed by atoms with Gasteiger partial charge in [0.05, 0.1) is 11.0 Å². The summed E-state index contributed by atoms with van der Waals surface area (Å²) in [6, 6.07) is 4.48. The van der Waals surface area contributed by atoms with Crippen molar-refractivity contribution in [1.82, 2.24) is 9.97 Å². The number of fused-ring (bicyclic) bond motifs is 1. The van der Waals surface area contributed by atoms with Gasteiger partial charge in [-0.3, -0.25) is 0 Å². The van der Waals surface area contributed by atoms with Crippen LogP contribution in [0.1, 0.15) is 19.3 Å². The molecule has 0 spiro atoms. The Morgan fingerprint density at radius 1 is 1.29 bits per heavy atom. The van der Waals surface area contributed by atoms with Crippen LogP contribution in [-0.2, 0) is 0 Å². The number of aromatic amines is 1. The van der Waals surface area contributed by atoms with Crippen LogP contribution in [0.5, 0.6) is 0 Å². The van der Waals surface area contributed by atoms with E-state index in [1.165, 1.54) is 12.1 Å². The molecular weight excluding hydrogens is 221 g/mol. The van der Waals surface area contributed by atoms with Gasteiger partial charge in [-0.25, -0.2) is 9.37 Å². The molecule has 17 heavy (non-hydrogen) atoms. The van der Waals surface area contributed by atoms with E-state index in [0.717, 1.165) is 31.3 Å². The lowest BCUT2D eigenvalue weighted by molar-refractivity contribution is 0.283. The Morgan fingerprint density at radius 3 is 3.00 bits per heavy atom. The molecule has 0 radical (unpaired) electrons. The molecule has 2 aromatic rings. The molecule has 3 N–H and O–H groups in total. The second kappa shape index (κ2) is 5.63. The highest BCUT2D eigenvalue weighted by atomic mass is 19.1. The van der Waals surface area contributed by atoms with Gasteiger partial charge in [-0.1, -0.05) is 0 Å². The van der Waals surface area contributed by atoms with Crippen LogP contribution < -0.4 is 5.32 Å². The Kier molecular flexibility index (Phi) is 3.93. The quantitative estimate of drug-likeness (QED) is 0.675. The lowest BCUT2D eigenvalue weighted by atomic mass is 10.2. The van der Waals surface area contributed by atoms with Gasteiger partial charge in [0.2, 0.25) is 5.95 Å². The summed E-state index contributed by atoms with van der Waals surface area (Å²) in [7, 11) is 0. The van der Waals surface area contributed by atoms with Crippen LogP contribution in [0.3, 0.4) is 0 Å². The molecule has 0 saturated carbocycles. The van der Waals surface area contributed by atoms with E-state index in [1.807, 2.05) is 0 Å². The van der Waals surface area contributed by atoms with E-state index >= 15 is 0 Å². The van der Waals surface area contributed by atoms with Gasteiger partial charge in [0.15, 0.2) is 0 Å². The zero-order valence-corrected chi connectivity index (χ0v) is 9.54. The predicted molar refractivity (Wildman–Crippen MR) is 65.5 cm³/mol. The minimum atomic E-state index is -0.268. The topological polar surface area (TPSA) is 60.9 Å². The van der Waals surface area contributed by atoms with Gasteiger partial charge < -0.3 is 15.4 Å². The third-order valence-corrected chi connectivity index (χ3v) is 2.57. The molecule has 4 nitrogen and oxygen atoms in total. The Morgan fingerprint density at radius 2 is 2.18 bits per heavy atom. The molecule has 0 saturated heterocycles. The molecular formula is C12H16FN3O. The number of aliphatic hydroxyl groups excluding tert-OH is 1. The monoisotopic (exact) mass is 237 g/mol. The van der Waals surface area contributed by atoms with Gasteiger partial charge in [-0.15, -0.1) is 0 Å². The molecule has 0 amide bonds. The van der Waals surface area contributed by atoms with Crippen molar-refractivity contribution in [2.24, 2.45) is 0 Å². The zero-order valence-electron chi connectivity index (χ0n) is 9.54. The maximum Gasteiger partial charge on any atom is 0.201 e. The molecule has 2 rings (SSSR count). The molecule has 0 atom stereocenters. The molecule has 5 heteroatoms. The second-order valence-electron chi connectivity index (χ2n) is 3.96. The molecule has 0 bridgehead atoms. The number of rotatable bonds is 6. The zero-order chi connectivity index (χ0) is 12.1. The SMILES string of the molecule is OCCCCCNc1nc2ccc(F)cc2[nH]1. The summed E-state index contributed by atoms with van der Waals surface area (Å²) >= 11 is 0. The van der Waals surface area contributed by atoms with Gasteiger partial charge in [-0.05, 0) is 37.5 Å². The van der Waals surface area contributed by atoms with E-state index < -0.39 is 0 Å². The fourth-order valence-electron chi connectivity index (χ4n) is 1.69. The first-order valence-corrected chi connectivity index (χ1v) is 5.79. The normalized spacial score (nSPS) is 10.9. The number of nitrogens with one attached hydrogen (secondary N) is 2. The number of halogens is 1. The highest BCUT2D eigenvalue weighted by molar-refractivity contribution is 5.77. The van der Waals surface area contributed by atoms with E-state index in [2.05, 4.69) is 15.3 Å². The minimum Gasteiger partial charge on any atom is -0.396 e. The van der Waals surface area contributed by atoms with Crippen LogP contribution in [0.25, 0.3) is 11.0 Å². The largest absolute Gasteiger partial charge is 0.396 e. The number of H-pyrrole nitrogens is 1. The van der Waals surface area contributed by atoms with Gasteiger partial charge in [0.1, 0.15) is 5.82 Å². The maximum absolute atomic E-state index is 12.9. The van der Waals surface area contributed by atoms with Gasteiger partial charge in [0.25, 0.3) is 0 Å². The van der Waals surface area contributed by atoms with Crippen molar-refractivity contribution in [3.8, 4) is 0 Å². The van der Waals surface area contributed by atoms with Crippen LogP contribution in [0.2, 0.25) is 0 Å². The molecule has 0 unspecified atom stereocenters. The lowest BCUT2D eigenvalue weighted by Crippen LogP contribution is -2.03. The van der Waals surface area contributed by atoms with E-state index in [4.69, 9.17) is 5.11 Å². The average molecular weight is 237 g/mol. The first-order valence-electron chi connectivity index (χ1n) is 5.79. The molecule has 1 aromatic heterocycles. The van der Waals surface area contributed by atoms with Crippen molar-refractivity contribution in [1.29, 1.82) is 0 Å². The van der Waals surface area contributed by atoms with E-state index in [0.29, 0.717) is 11.5 Å². The number of imidazole rings is 1. The standard InChI is InChI=1S/C12H16FN3O/c13-9-4-5-10-11(8-9)16-12(15-10)14-6-2-1-3-7-17/h4-5,8,17H,1-3,6-7H2,(H2,14,15,16). The molecule has 0 aliphatic carbocycles. The molecule has 0 fully saturated rings. The molecule has 0 aliphatic rings. The summed E-state index contributed by atoms with van der Waals surface area (Å²) in [6.07, 6.45) is 2.79. The Hall–Kier alpha value is -1.62. The highest BCUT2D eigenvalue weighted by Gasteiger charge is 2.02. The summed E-state index contributed by atoms with van der Waals surface area (Å²) < 4.78 is 12.9. The number of nitrogens with zero attached hydrogens (tertiary/aromatic N) is 1. The Bertz CT molecular complexity index is 484. The highest BCUT2D eigenvalue weighted by Crippen LogP contribution is 2.15. The molecule has 0 aliphatic heterocycles. The third kappa shape index (κ3) is 3.17. The van der Waals surface area contributed by atoms with E-state index in [9.17, 15) is 4.39 Å². The average Bonchev–Trinajstić information content (AvgIpc) is 2.70. The third-order valence-electron chi connectivity index (χ3n) is 2.57. The Balaban J connectivity index is 1.91. The number of aromatic nitrogens is 2. The van der Waals surface area contributed by atoms with Crippen molar-refractivity contribution >= 4 is 17.0 Å². The summed E-state index contributed by atoms with van der Waals surface area (Å²) in [5.74, 6) is 0.394. The number of aliphatic hydroxyl groups is 1. The van der Waals surface area contributed by atoms with Crippen molar-refractivity contribution in [3.05, 3.63) is 24.0 Å². The predicted octanol–water partition coefficient (Wildman–Crippen LogP) is 2.28. The van der Waals surface area contributed by atoms with Crippen LogP contribution >= 0.6 is 0 Å². The van der Waals surface area contributed by atoms with E-state index in [1.54, 1.807) is 6.07 Å². The van der Waals surface area contributed by atoms with Crippen molar-refractivity contribution in [3.63, 3.8) is 0 Å². The van der Waals surface area contributed by atoms with Crippen LogP contribution in [-0.4, -0.2) is 28.2 Å². The van der Waals surface area contributed by atoms with Crippen molar-refractivity contribution < 1.29 is 9.50 Å². The Labute approximate surface area is 98.9 Å². The number of unbranched alkanes of at least 4 members (excludes halogenated alkanes) is 2. The first kappa shape index (κ1) is 11.9. The number of benzene rings is 1. The van der Waals surface area contributed by atoms with Crippen LogP contribution in [0.15, 0.2) is 18.2 Å². The minimum absolute atomic E-state index is 0.240. The summed E-state index contributed by atoms with van der Waals surface area (Å²) in [6.45, 7) is 1.03. The molecule has 1 heterocycles. The first-order chi connectivity index (χ1) is 8.29. The van der Waals surface area contributed by atoms with Crippen molar-refractivity contribution in [2.45, 2.75) is 19.3 Å². The van der Waals surface area contributed by atoms with E-state index in [-0.39, 0.29) is 12.4 Å². The van der Waals surface area contributed by atoms with Gasteiger partial charge in [-0.2, -0.15) is 0 Å². The summed E-state index contributed by atoms with van der Waals surface area (Å²) in [4.78, 5) is 7.30. The van der Waals surface area contributed by atoms with Crippen LogP contribution in [0, 0.1) is 5.82 Å². The van der Waals surface area contributed by atoms with Crippen molar-refractivity contribution in [2.75, 3.05) is 18.5 Å². The lowest BCUT2D eigenvalue weighted by Gasteiger charge is -2.01. The number of hydrogen-bond donors (Lipinski definition) is 3. The maximum atomic E-state index is 12.9. The summed E-state index contributed by atoms with van der Waals surface area (Å²) in [5, 5.41) is 11.8. The fourth-order valence-corrected chi connectivity index (χ4v) is 1.69. The second-order valence-corrected chi connectivity index (χ2v) is 3.96. The van der Waals surface area contributed by atoms with Gasteiger partial charge >= 0.3 is 0 Å². The van der Waals surface area contributed by atoms with Crippen LogP contribution in [0.4, 0.5) is 10.3 Å². The fraction of sp³-hybridized carbons (Fsp3) is 0.417. The number of anilines is 1. The number of hydrogen-bond acceptors (Lipinski definition) is 3. The molecule has 92 valence electrons. The van der Waals surface area contributed by atoms with Gasteiger partial charge in [0, 0.05) is 13.2 Å². The smallest absolute Gasteiger partial charge is 0.201 e.